The van der Waals surface area contributed by atoms with Crippen molar-refractivity contribution < 1.29 is 54.6 Å². The van der Waals surface area contributed by atoms with Crippen LogP contribution in [0.2, 0.25) is 0 Å². The van der Waals surface area contributed by atoms with E-state index in [1.807, 2.05) is 0 Å². The molecule has 0 atom stereocenters. The molecule has 0 aromatic carbocycles. The molecule has 0 saturated carbocycles. The van der Waals surface area contributed by atoms with E-state index in [-0.39, 0.29) is 37.2 Å². The number of allylic oxidation sites excluding steroid dienone is 4. The van der Waals surface area contributed by atoms with E-state index >= 15 is 0 Å². The molecule has 0 aromatic heterocycles. The van der Waals surface area contributed by atoms with Crippen LogP contribution in [0, 0.1) is 0 Å². The van der Waals surface area contributed by atoms with Crippen molar-refractivity contribution in [2.45, 2.75) is 39.5 Å². The van der Waals surface area contributed by atoms with Crippen molar-refractivity contribution in [3.05, 3.63) is 21.5 Å². The maximum atomic E-state index is 2.71. The first-order valence-corrected chi connectivity index (χ1v) is 5.03. The summed E-state index contributed by atoms with van der Waals surface area (Å²) < 4.78 is 1.49. The molecule has 0 heterocycles. The van der Waals surface area contributed by atoms with Crippen molar-refractivity contribution in [1.29, 1.82) is 0 Å². The van der Waals surface area contributed by atoms with Gasteiger partial charge >= 0.3 is 78.5 Å². The fraction of sp³-hybridized carbons (Fsp3) is 0.600. The molecule has 0 unspecified atom stereocenters. The summed E-state index contributed by atoms with van der Waals surface area (Å²) in [6.07, 6.45) is 7.49. The average molecular weight is 293 g/mol. The molecule has 0 spiro atoms. The van der Waals surface area contributed by atoms with Crippen LogP contribution in [0.3, 0.4) is 0 Å². The fourth-order valence-corrected chi connectivity index (χ4v) is 1.82. The van der Waals surface area contributed by atoms with Gasteiger partial charge in [0.25, 0.3) is 0 Å². The van der Waals surface area contributed by atoms with Crippen molar-refractivity contribution in [1.82, 2.24) is 0 Å². The second-order valence-corrected chi connectivity index (χ2v) is 3.85. The largest absolute Gasteiger partial charge is 1.00 e. The predicted octanol–water partition coefficient (Wildman–Crippen LogP) is -5.66. The van der Waals surface area contributed by atoms with Crippen molar-refractivity contribution >= 4 is 0 Å². The molecule has 0 nitrogen and oxygen atoms in total. The maximum Gasteiger partial charge on any atom is -1.00 e. The Bertz CT molecular complexity index is 209. The summed E-state index contributed by atoms with van der Waals surface area (Å²) in [5.74, 6) is 0. The van der Waals surface area contributed by atoms with E-state index < -0.39 is 0 Å². The second-order valence-electron chi connectivity index (χ2n) is 3.15. The van der Waals surface area contributed by atoms with Crippen LogP contribution in [0.5, 0.6) is 0 Å². The molecule has 0 amide bonds. The zero-order chi connectivity index (χ0) is 8.27. The number of rotatable bonds is 3. The van der Waals surface area contributed by atoms with Crippen LogP contribution in [0.15, 0.2) is 21.5 Å². The Labute approximate surface area is 115 Å². The quantitative estimate of drug-likeness (QED) is 0.487. The van der Waals surface area contributed by atoms with E-state index in [0.29, 0.717) is 0 Å². The van der Waals surface area contributed by atoms with Gasteiger partial charge in [-0.05, 0) is 0 Å². The first-order valence-electron chi connectivity index (χ1n) is 4.33. The van der Waals surface area contributed by atoms with Gasteiger partial charge in [0.05, 0.1) is 0 Å². The summed E-state index contributed by atoms with van der Waals surface area (Å²) in [4.78, 5) is 0. The van der Waals surface area contributed by atoms with E-state index in [1.165, 1.54) is 35.5 Å². The Morgan fingerprint density at radius 1 is 1.29 bits per heavy atom. The Kier molecular flexibility index (Phi) is 15.2. The summed E-state index contributed by atoms with van der Waals surface area (Å²) in [5.41, 5.74) is 3.11. The minimum absolute atomic E-state index is 0. The van der Waals surface area contributed by atoms with Gasteiger partial charge in [0, 0.05) is 0 Å². The van der Waals surface area contributed by atoms with Gasteiger partial charge in [-0.2, -0.15) is 0 Å². The fourth-order valence-electron chi connectivity index (χ4n) is 1.36. The van der Waals surface area contributed by atoms with Gasteiger partial charge in [-0.3, -0.25) is 0 Å². The molecule has 0 fully saturated rings. The number of unbranched alkanes of at least 4 members (excludes halogenated alkanes) is 1. The van der Waals surface area contributed by atoms with Gasteiger partial charge < -0.3 is 37.2 Å². The molecule has 81 valence electrons. The van der Waals surface area contributed by atoms with E-state index in [2.05, 4.69) is 37.3 Å². The van der Waals surface area contributed by atoms with Gasteiger partial charge in [-0.25, -0.2) is 0 Å². The van der Waals surface area contributed by atoms with E-state index in [0.717, 1.165) is 0 Å². The molecule has 1 rings (SSSR count). The SMILES string of the molecule is CCCCC1=[C]([V+3])C(C)=CC1.[Cl-].[Cl-].[Cl-]. The zero-order valence-electron chi connectivity index (χ0n) is 8.49. The first kappa shape index (κ1) is 20.4. The Hall–Kier alpha value is 0.934. The molecule has 0 saturated heterocycles. The summed E-state index contributed by atoms with van der Waals surface area (Å²) in [5, 5.41) is 0. The third kappa shape index (κ3) is 5.73. The predicted molar refractivity (Wildman–Crippen MR) is 44.9 cm³/mol. The first-order chi connectivity index (χ1) is 5.25. The van der Waals surface area contributed by atoms with Gasteiger partial charge in [-0.15, -0.1) is 0 Å². The molecule has 1 aliphatic rings. The summed E-state index contributed by atoms with van der Waals surface area (Å²) in [6.45, 7) is 4.45. The number of hydrogen-bond donors (Lipinski definition) is 0. The molecule has 14 heavy (non-hydrogen) atoms. The van der Waals surface area contributed by atoms with Gasteiger partial charge in [-0.1, -0.05) is 0 Å². The van der Waals surface area contributed by atoms with Crippen molar-refractivity contribution in [3.63, 3.8) is 0 Å². The standard InChI is InChI=1S/C10H15.3ClH.V/c1-3-4-5-10-7-6-9(2)8-10;;;;/h6H,3-5,7H2,1-2H3;3*1H;/q;;;;+3/p-3. The summed E-state index contributed by atoms with van der Waals surface area (Å²) in [7, 11) is 0. The van der Waals surface area contributed by atoms with Crippen LogP contribution in [-0.4, -0.2) is 0 Å². The molecule has 0 aromatic rings. The van der Waals surface area contributed by atoms with E-state index in [9.17, 15) is 0 Å². The van der Waals surface area contributed by atoms with Crippen molar-refractivity contribution in [2.75, 3.05) is 0 Å². The molecule has 0 N–H and O–H groups in total. The summed E-state index contributed by atoms with van der Waals surface area (Å²) >= 11 is 2.71. The maximum absolute atomic E-state index is 2.71. The van der Waals surface area contributed by atoms with Crippen LogP contribution in [-0.2, 0) is 17.4 Å². The molecule has 4 heteroatoms. The third-order valence-corrected chi connectivity index (χ3v) is 3.24. The van der Waals surface area contributed by atoms with Crippen LogP contribution in [0.25, 0.3) is 0 Å². The second kappa shape index (κ2) is 10.5. The smallest absolute Gasteiger partial charge is 1.00 e. The molecule has 0 aliphatic heterocycles. The van der Waals surface area contributed by atoms with Crippen molar-refractivity contribution in [3.8, 4) is 0 Å². The normalized spacial score (nSPS) is 13.9. The van der Waals surface area contributed by atoms with E-state index in [1.54, 1.807) is 5.57 Å². The number of halogens is 3. The molecular formula is C10H15Cl3V. The van der Waals surface area contributed by atoms with Crippen LogP contribution in [0.4, 0.5) is 0 Å². The average Bonchev–Trinajstić information content (AvgIpc) is 2.31. The molecule has 0 bridgehead atoms. The third-order valence-electron chi connectivity index (χ3n) is 2.20. The molecule has 0 radical (unpaired) electrons. The minimum Gasteiger partial charge on any atom is -1.00 e. The van der Waals surface area contributed by atoms with Crippen molar-refractivity contribution in [2.24, 2.45) is 0 Å². The van der Waals surface area contributed by atoms with Gasteiger partial charge in [0.2, 0.25) is 0 Å². The Morgan fingerprint density at radius 3 is 2.21 bits per heavy atom. The van der Waals surface area contributed by atoms with E-state index in [4.69, 9.17) is 0 Å². The zero-order valence-corrected chi connectivity index (χ0v) is 12.2. The Balaban J connectivity index is -0.000000403. The van der Waals surface area contributed by atoms with Gasteiger partial charge in [0.1, 0.15) is 0 Å². The minimum atomic E-state index is 0. The number of hydrogen-bond acceptors (Lipinski definition) is 0. The van der Waals surface area contributed by atoms with Gasteiger partial charge in [0.15, 0.2) is 0 Å². The Morgan fingerprint density at radius 2 is 1.86 bits per heavy atom. The summed E-state index contributed by atoms with van der Waals surface area (Å²) in [6, 6.07) is 0. The monoisotopic (exact) mass is 291 g/mol. The van der Waals surface area contributed by atoms with Crippen LogP contribution >= 0.6 is 0 Å². The van der Waals surface area contributed by atoms with Crippen LogP contribution in [0.1, 0.15) is 39.5 Å². The molecule has 1 aliphatic carbocycles. The molecular weight excluding hydrogens is 277 g/mol. The topological polar surface area (TPSA) is 0 Å². The van der Waals surface area contributed by atoms with Crippen LogP contribution < -0.4 is 37.2 Å².